The van der Waals surface area contributed by atoms with Crippen molar-refractivity contribution >= 4 is 15.9 Å². The first-order valence-electron chi connectivity index (χ1n) is 8.57. The molecule has 2 atom stereocenters. The zero-order valence-electron chi connectivity index (χ0n) is 13.8. The highest BCUT2D eigenvalue weighted by atomic mass is 32.2. The number of sulfonamides is 1. The average molecular weight is 353 g/mol. The Kier molecular flexibility index (Phi) is 3.93. The Morgan fingerprint density at radius 1 is 1.21 bits per heavy atom. The standard InChI is InChI=1S/C16H23N3O4S/c1-11-15(24(21,22)19-4-2-3-5-19)6-14(23-11)16(20)18-9-12-7-17-8-13(12)10-18/h6,12-13,17H,2-5,7-10H2,1H3/t12-,13+. The Bertz CT molecular complexity index is 739. The number of rotatable bonds is 3. The molecule has 0 saturated carbocycles. The molecule has 0 bridgehead atoms. The number of carbonyl (C=O) groups excluding carboxylic acids is 1. The number of furan rings is 1. The van der Waals surface area contributed by atoms with Crippen molar-refractivity contribution in [2.75, 3.05) is 39.3 Å². The maximum atomic E-state index is 12.7. The number of likely N-dealkylation sites (tertiary alicyclic amines) is 1. The number of aryl methyl sites for hydroxylation is 1. The van der Waals surface area contributed by atoms with Gasteiger partial charge in [0.15, 0.2) is 5.76 Å². The first kappa shape index (κ1) is 16.1. The number of hydrogen-bond acceptors (Lipinski definition) is 5. The minimum Gasteiger partial charge on any atom is -0.455 e. The van der Waals surface area contributed by atoms with Gasteiger partial charge in [0.25, 0.3) is 5.91 Å². The number of nitrogens with one attached hydrogen (secondary N) is 1. The summed E-state index contributed by atoms with van der Waals surface area (Å²) in [5.74, 6) is 1.23. The van der Waals surface area contributed by atoms with Gasteiger partial charge in [-0.05, 0) is 31.6 Å². The van der Waals surface area contributed by atoms with Gasteiger partial charge in [0.1, 0.15) is 10.7 Å². The van der Waals surface area contributed by atoms with Gasteiger partial charge < -0.3 is 14.6 Å². The Balaban J connectivity index is 1.56. The van der Waals surface area contributed by atoms with E-state index in [2.05, 4.69) is 5.32 Å². The van der Waals surface area contributed by atoms with Gasteiger partial charge in [0.2, 0.25) is 10.0 Å². The second-order valence-corrected chi connectivity index (χ2v) is 8.94. The molecule has 1 amide bonds. The van der Waals surface area contributed by atoms with E-state index in [1.54, 1.807) is 11.8 Å². The van der Waals surface area contributed by atoms with Crippen LogP contribution in [0, 0.1) is 18.8 Å². The predicted molar refractivity (Wildman–Crippen MR) is 87.2 cm³/mol. The van der Waals surface area contributed by atoms with Gasteiger partial charge in [-0.1, -0.05) is 0 Å². The smallest absolute Gasteiger partial charge is 0.289 e. The minimum atomic E-state index is -3.56. The fourth-order valence-electron chi connectivity index (χ4n) is 4.07. The summed E-state index contributed by atoms with van der Waals surface area (Å²) in [6.07, 6.45) is 1.76. The van der Waals surface area contributed by atoms with Crippen molar-refractivity contribution in [3.05, 3.63) is 17.6 Å². The van der Waals surface area contributed by atoms with Gasteiger partial charge in [0, 0.05) is 45.3 Å². The molecule has 1 aromatic heterocycles. The molecular formula is C16H23N3O4S. The monoisotopic (exact) mass is 353 g/mol. The molecule has 132 valence electrons. The van der Waals surface area contributed by atoms with Crippen LogP contribution in [0.4, 0.5) is 0 Å². The Morgan fingerprint density at radius 2 is 1.83 bits per heavy atom. The summed E-state index contributed by atoms with van der Waals surface area (Å²) in [4.78, 5) is 14.6. The van der Waals surface area contributed by atoms with E-state index >= 15 is 0 Å². The highest BCUT2D eigenvalue weighted by molar-refractivity contribution is 7.89. The van der Waals surface area contributed by atoms with Crippen LogP contribution in [0.5, 0.6) is 0 Å². The van der Waals surface area contributed by atoms with Gasteiger partial charge in [-0.15, -0.1) is 0 Å². The van der Waals surface area contributed by atoms with E-state index in [-0.39, 0.29) is 16.6 Å². The largest absolute Gasteiger partial charge is 0.455 e. The molecule has 1 N–H and O–H groups in total. The molecule has 3 aliphatic rings. The zero-order chi connectivity index (χ0) is 16.9. The molecule has 24 heavy (non-hydrogen) atoms. The summed E-state index contributed by atoms with van der Waals surface area (Å²) >= 11 is 0. The fraction of sp³-hybridized carbons (Fsp3) is 0.688. The number of fused-ring (bicyclic) bond motifs is 1. The van der Waals surface area contributed by atoms with Gasteiger partial charge >= 0.3 is 0 Å². The maximum Gasteiger partial charge on any atom is 0.289 e. The lowest BCUT2D eigenvalue weighted by Gasteiger charge is -2.15. The summed E-state index contributed by atoms with van der Waals surface area (Å²) in [6.45, 7) is 6.01. The van der Waals surface area contributed by atoms with Crippen molar-refractivity contribution < 1.29 is 17.6 Å². The topological polar surface area (TPSA) is 82.9 Å². The molecule has 4 heterocycles. The fourth-order valence-corrected chi connectivity index (χ4v) is 5.75. The number of nitrogens with zero attached hydrogens (tertiary/aromatic N) is 2. The second-order valence-electron chi connectivity index (χ2n) is 7.03. The van der Waals surface area contributed by atoms with Crippen LogP contribution >= 0.6 is 0 Å². The van der Waals surface area contributed by atoms with E-state index in [4.69, 9.17) is 4.42 Å². The average Bonchev–Trinajstić information content (AvgIpc) is 3.29. The molecule has 3 fully saturated rings. The van der Waals surface area contributed by atoms with Gasteiger partial charge in [0.05, 0.1) is 0 Å². The SMILES string of the molecule is Cc1oc(C(=O)N2C[C@H]3CNC[C@H]3C2)cc1S(=O)(=O)N1CCCC1. The van der Waals surface area contributed by atoms with E-state index in [1.807, 2.05) is 0 Å². The molecule has 0 spiro atoms. The second kappa shape index (κ2) is 5.86. The molecule has 0 unspecified atom stereocenters. The number of amides is 1. The molecule has 1 aromatic rings. The maximum absolute atomic E-state index is 12.7. The Labute approximate surface area is 142 Å². The molecule has 0 radical (unpaired) electrons. The van der Waals surface area contributed by atoms with Crippen LogP contribution in [-0.4, -0.2) is 62.8 Å². The van der Waals surface area contributed by atoms with Gasteiger partial charge in [-0.3, -0.25) is 4.79 Å². The molecule has 0 aliphatic carbocycles. The van der Waals surface area contributed by atoms with Crippen molar-refractivity contribution in [2.24, 2.45) is 11.8 Å². The van der Waals surface area contributed by atoms with Crippen LogP contribution in [0.15, 0.2) is 15.4 Å². The van der Waals surface area contributed by atoms with Crippen LogP contribution in [0.1, 0.15) is 29.2 Å². The van der Waals surface area contributed by atoms with Crippen molar-refractivity contribution in [1.29, 1.82) is 0 Å². The third-order valence-corrected chi connectivity index (χ3v) is 7.45. The van der Waals surface area contributed by atoms with E-state index in [9.17, 15) is 13.2 Å². The first-order valence-corrected chi connectivity index (χ1v) is 10.0. The summed E-state index contributed by atoms with van der Waals surface area (Å²) < 4.78 is 32.4. The quantitative estimate of drug-likeness (QED) is 0.863. The lowest BCUT2D eigenvalue weighted by atomic mass is 10.0. The minimum absolute atomic E-state index is 0.133. The van der Waals surface area contributed by atoms with E-state index in [1.165, 1.54) is 10.4 Å². The summed E-state index contributed by atoms with van der Waals surface area (Å²) in [5, 5.41) is 3.34. The van der Waals surface area contributed by atoms with Crippen LogP contribution < -0.4 is 5.32 Å². The van der Waals surface area contributed by atoms with Crippen LogP contribution in [0.25, 0.3) is 0 Å². The van der Waals surface area contributed by atoms with Crippen molar-refractivity contribution in [1.82, 2.24) is 14.5 Å². The third kappa shape index (κ3) is 2.57. The molecule has 3 aliphatic heterocycles. The van der Waals surface area contributed by atoms with Crippen LogP contribution in [-0.2, 0) is 10.0 Å². The first-order chi connectivity index (χ1) is 11.5. The summed E-state index contributed by atoms with van der Waals surface area (Å²) in [5.41, 5.74) is 0. The molecule has 4 rings (SSSR count). The van der Waals surface area contributed by atoms with Crippen molar-refractivity contribution in [3.63, 3.8) is 0 Å². The molecular weight excluding hydrogens is 330 g/mol. The summed E-state index contributed by atoms with van der Waals surface area (Å²) in [6, 6.07) is 1.41. The van der Waals surface area contributed by atoms with Gasteiger partial charge in [-0.2, -0.15) is 4.31 Å². The molecule has 7 nitrogen and oxygen atoms in total. The van der Waals surface area contributed by atoms with E-state index in [0.29, 0.717) is 43.8 Å². The lowest BCUT2D eigenvalue weighted by Crippen LogP contribution is -2.31. The van der Waals surface area contributed by atoms with E-state index < -0.39 is 10.0 Å². The Morgan fingerprint density at radius 3 is 2.46 bits per heavy atom. The highest BCUT2D eigenvalue weighted by Crippen LogP contribution is 2.30. The third-order valence-electron chi connectivity index (χ3n) is 5.44. The lowest BCUT2D eigenvalue weighted by molar-refractivity contribution is 0.0748. The van der Waals surface area contributed by atoms with Crippen LogP contribution in [0.2, 0.25) is 0 Å². The number of carbonyl (C=O) groups is 1. The number of hydrogen-bond donors (Lipinski definition) is 1. The van der Waals surface area contributed by atoms with Gasteiger partial charge in [-0.25, -0.2) is 8.42 Å². The van der Waals surface area contributed by atoms with Crippen LogP contribution in [0.3, 0.4) is 0 Å². The normalized spacial score (nSPS) is 27.8. The summed E-state index contributed by atoms with van der Waals surface area (Å²) in [7, 11) is -3.56. The molecule has 0 aromatic carbocycles. The Hall–Kier alpha value is -1.38. The molecule has 8 heteroatoms. The molecule has 3 saturated heterocycles. The van der Waals surface area contributed by atoms with Crippen molar-refractivity contribution in [3.8, 4) is 0 Å². The highest BCUT2D eigenvalue weighted by Gasteiger charge is 2.40. The predicted octanol–water partition coefficient (Wildman–Crippen LogP) is 0.664. The van der Waals surface area contributed by atoms with E-state index in [0.717, 1.165) is 25.9 Å². The van der Waals surface area contributed by atoms with Crippen molar-refractivity contribution in [2.45, 2.75) is 24.7 Å². The zero-order valence-corrected chi connectivity index (χ0v) is 14.6.